The molecular weight excluding hydrogens is 428 g/mol. The van der Waals surface area contributed by atoms with E-state index in [1.54, 1.807) is 6.20 Å². The van der Waals surface area contributed by atoms with Gasteiger partial charge in [0.2, 0.25) is 0 Å². The largest absolute Gasteiger partial charge is 0.480 e. The molecule has 4 heterocycles. The number of hydrogen-bond acceptors (Lipinski definition) is 6. The van der Waals surface area contributed by atoms with Gasteiger partial charge >= 0.3 is 5.97 Å². The zero-order valence-electron chi connectivity index (χ0n) is 19.9. The van der Waals surface area contributed by atoms with Crippen molar-refractivity contribution in [2.75, 3.05) is 25.0 Å². The van der Waals surface area contributed by atoms with Gasteiger partial charge in [0.1, 0.15) is 11.9 Å². The Kier molecular flexibility index (Phi) is 7.40. The third-order valence-electron chi connectivity index (χ3n) is 7.73. The van der Waals surface area contributed by atoms with E-state index in [0.29, 0.717) is 18.5 Å². The fraction of sp³-hybridized carbons (Fsp3) is 0.593. The molecule has 0 radical (unpaired) electrons. The Morgan fingerprint density at radius 2 is 2.00 bits per heavy atom. The van der Waals surface area contributed by atoms with Gasteiger partial charge in [-0.05, 0) is 69.1 Å². The molecule has 3 atom stereocenters. The Bertz CT molecular complexity index is 980. The Morgan fingerprint density at radius 3 is 2.82 bits per heavy atom. The van der Waals surface area contributed by atoms with E-state index in [-0.39, 0.29) is 6.10 Å². The lowest BCUT2D eigenvalue weighted by Crippen LogP contribution is -2.35. The van der Waals surface area contributed by atoms with Crippen LogP contribution in [0.3, 0.4) is 0 Å². The smallest absolute Gasteiger partial charge is 0.325 e. The zero-order chi connectivity index (χ0) is 23.3. The van der Waals surface area contributed by atoms with Gasteiger partial charge < -0.3 is 15.2 Å². The first kappa shape index (κ1) is 23.2. The summed E-state index contributed by atoms with van der Waals surface area (Å²) in [4.78, 5) is 23.4. The van der Waals surface area contributed by atoms with Crippen LogP contribution in [-0.2, 0) is 16.0 Å². The normalized spacial score (nSPS) is 23.6. The van der Waals surface area contributed by atoms with Crippen LogP contribution in [0.1, 0.15) is 80.1 Å². The number of rotatable bonds is 10. The Labute approximate surface area is 201 Å². The number of carboxylic acid groups (broad SMARTS) is 1. The average molecular weight is 465 g/mol. The van der Waals surface area contributed by atoms with Crippen LogP contribution >= 0.6 is 0 Å². The predicted molar refractivity (Wildman–Crippen MR) is 131 cm³/mol. The standard InChI is InChI=1S/C27H36N4O3/c32-27(33)25(23-10-5-14-28-24(23)19-6-3-7-19)31-16-13-22(18-31)34-17-2-1-9-21-12-11-20-8-4-15-29-26(20)30-21/h4-5,8,10,14-15,19,21-22,25H,1-3,6-7,9,11-13,16-18H2,(H,29,30)(H,32,33)/t21-,22+,25?/m0/s1. The topological polar surface area (TPSA) is 87.6 Å². The van der Waals surface area contributed by atoms with Gasteiger partial charge in [0, 0.05) is 55.3 Å². The summed E-state index contributed by atoms with van der Waals surface area (Å²) in [6.45, 7) is 2.15. The maximum absolute atomic E-state index is 12.3. The quantitative estimate of drug-likeness (QED) is 0.499. The number of carboxylic acids is 1. The summed E-state index contributed by atoms with van der Waals surface area (Å²) in [7, 11) is 0. The van der Waals surface area contributed by atoms with Crippen LogP contribution < -0.4 is 5.32 Å². The molecule has 1 saturated carbocycles. The van der Waals surface area contributed by atoms with E-state index in [0.717, 1.165) is 81.6 Å². The number of fused-ring (bicyclic) bond motifs is 1. The Morgan fingerprint density at radius 1 is 1.15 bits per heavy atom. The zero-order valence-corrected chi connectivity index (χ0v) is 19.9. The molecule has 1 saturated heterocycles. The molecule has 7 nitrogen and oxygen atoms in total. The van der Waals surface area contributed by atoms with Crippen molar-refractivity contribution >= 4 is 11.8 Å². The molecule has 0 bridgehead atoms. The molecule has 5 rings (SSSR count). The van der Waals surface area contributed by atoms with Crippen LogP contribution in [-0.4, -0.2) is 57.8 Å². The van der Waals surface area contributed by atoms with E-state index < -0.39 is 12.0 Å². The van der Waals surface area contributed by atoms with Crippen molar-refractivity contribution in [2.45, 2.75) is 81.9 Å². The second-order valence-corrected chi connectivity index (χ2v) is 10.0. The van der Waals surface area contributed by atoms with Gasteiger partial charge in [-0.15, -0.1) is 0 Å². The van der Waals surface area contributed by atoms with Crippen LogP contribution in [0.25, 0.3) is 0 Å². The number of ether oxygens (including phenoxy) is 1. The minimum Gasteiger partial charge on any atom is -0.480 e. The first-order valence-corrected chi connectivity index (χ1v) is 12.9. The predicted octanol–water partition coefficient (Wildman–Crippen LogP) is 4.56. The third kappa shape index (κ3) is 5.26. The van der Waals surface area contributed by atoms with Crippen LogP contribution in [0.5, 0.6) is 0 Å². The first-order valence-electron chi connectivity index (χ1n) is 12.9. The Balaban J connectivity index is 1.07. The molecule has 34 heavy (non-hydrogen) atoms. The van der Waals surface area contributed by atoms with Crippen molar-refractivity contribution in [3.05, 3.63) is 53.5 Å². The summed E-state index contributed by atoms with van der Waals surface area (Å²) in [5.74, 6) is 0.670. The number of nitrogens with zero attached hydrogens (tertiary/aromatic N) is 3. The maximum Gasteiger partial charge on any atom is 0.325 e. The lowest BCUT2D eigenvalue weighted by Gasteiger charge is -2.31. The molecule has 0 spiro atoms. The van der Waals surface area contributed by atoms with Crippen molar-refractivity contribution in [2.24, 2.45) is 0 Å². The molecule has 2 aromatic heterocycles. The van der Waals surface area contributed by atoms with Crippen molar-refractivity contribution < 1.29 is 14.6 Å². The van der Waals surface area contributed by atoms with E-state index in [9.17, 15) is 9.90 Å². The number of likely N-dealkylation sites (tertiary alicyclic amines) is 1. The van der Waals surface area contributed by atoms with E-state index >= 15 is 0 Å². The molecule has 1 aliphatic carbocycles. The number of hydrogen-bond donors (Lipinski definition) is 2. The number of nitrogens with one attached hydrogen (secondary N) is 1. The van der Waals surface area contributed by atoms with Crippen molar-refractivity contribution in [3.63, 3.8) is 0 Å². The highest BCUT2D eigenvalue weighted by Crippen LogP contribution is 2.40. The van der Waals surface area contributed by atoms with Gasteiger partial charge in [-0.25, -0.2) is 4.98 Å². The number of aryl methyl sites for hydroxylation is 1. The molecule has 2 N–H and O–H groups in total. The number of pyridine rings is 2. The molecule has 3 aliphatic rings. The van der Waals surface area contributed by atoms with Crippen LogP contribution in [0.15, 0.2) is 36.7 Å². The summed E-state index contributed by atoms with van der Waals surface area (Å²) in [6, 6.07) is 7.85. The summed E-state index contributed by atoms with van der Waals surface area (Å²) < 4.78 is 6.17. The third-order valence-corrected chi connectivity index (χ3v) is 7.73. The number of unbranched alkanes of at least 4 members (excludes halogenated alkanes) is 1. The summed E-state index contributed by atoms with van der Waals surface area (Å²) in [6.07, 6.45) is 13.6. The summed E-state index contributed by atoms with van der Waals surface area (Å²) in [5, 5.41) is 13.7. The van der Waals surface area contributed by atoms with Gasteiger partial charge in [0.25, 0.3) is 0 Å². The van der Waals surface area contributed by atoms with Gasteiger partial charge in [-0.1, -0.05) is 18.6 Å². The fourth-order valence-electron chi connectivity index (χ4n) is 5.62. The minimum atomic E-state index is -0.787. The van der Waals surface area contributed by atoms with Crippen molar-refractivity contribution in [1.29, 1.82) is 0 Å². The molecule has 2 fully saturated rings. The van der Waals surface area contributed by atoms with Crippen LogP contribution in [0.4, 0.5) is 5.82 Å². The van der Waals surface area contributed by atoms with Gasteiger partial charge in [0.05, 0.1) is 6.10 Å². The number of carbonyl (C=O) groups is 1. The molecule has 1 unspecified atom stereocenters. The second kappa shape index (κ2) is 10.8. The minimum absolute atomic E-state index is 0.106. The molecule has 2 aliphatic heterocycles. The Hall–Kier alpha value is -2.51. The molecule has 7 heteroatoms. The van der Waals surface area contributed by atoms with E-state index in [2.05, 4.69) is 26.3 Å². The summed E-state index contributed by atoms with van der Waals surface area (Å²) >= 11 is 0. The molecular formula is C27H36N4O3. The fourth-order valence-corrected chi connectivity index (χ4v) is 5.62. The van der Waals surface area contributed by atoms with Crippen molar-refractivity contribution in [1.82, 2.24) is 14.9 Å². The molecule has 0 aromatic carbocycles. The highest BCUT2D eigenvalue weighted by atomic mass is 16.5. The monoisotopic (exact) mass is 464 g/mol. The van der Waals surface area contributed by atoms with Gasteiger partial charge in [-0.2, -0.15) is 0 Å². The number of aromatic nitrogens is 2. The van der Waals surface area contributed by atoms with Crippen molar-refractivity contribution in [3.8, 4) is 0 Å². The first-order chi connectivity index (χ1) is 16.7. The number of aliphatic carboxylic acids is 1. The van der Waals surface area contributed by atoms with Crippen LogP contribution in [0, 0.1) is 0 Å². The lowest BCUT2D eigenvalue weighted by atomic mass is 9.80. The summed E-state index contributed by atoms with van der Waals surface area (Å²) in [5.41, 5.74) is 3.18. The second-order valence-electron chi connectivity index (χ2n) is 10.0. The molecule has 2 aromatic rings. The van der Waals surface area contributed by atoms with E-state index in [1.807, 2.05) is 24.4 Å². The SMILES string of the molecule is O=C(O)C(c1cccnc1C1CCC1)N1CC[C@@H](OCCCC[C@H]2CCc3cccnc3N2)C1. The maximum atomic E-state index is 12.3. The van der Waals surface area contributed by atoms with Gasteiger partial charge in [-0.3, -0.25) is 14.7 Å². The highest BCUT2D eigenvalue weighted by molar-refractivity contribution is 5.76. The van der Waals surface area contributed by atoms with Crippen LogP contribution in [0.2, 0.25) is 0 Å². The van der Waals surface area contributed by atoms with Gasteiger partial charge in [0.15, 0.2) is 0 Å². The average Bonchev–Trinajstić information content (AvgIpc) is 3.27. The van der Waals surface area contributed by atoms with E-state index in [1.165, 1.54) is 12.0 Å². The molecule has 182 valence electrons. The number of anilines is 1. The van der Waals surface area contributed by atoms with E-state index in [4.69, 9.17) is 4.74 Å². The highest BCUT2D eigenvalue weighted by Gasteiger charge is 2.37. The lowest BCUT2D eigenvalue weighted by molar-refractivity contribution is -0.143. The molecule has 0 amide bonds.